The third-order valence-corrected chi connectivity index (χ3v) is 3.70. The Morgan fingerprint density at radius 1 is 1.50 bits per heavy atom. The van der Waals surface area contributed by atoms with E-state index in [0.717, 1.165) is 24.9 Å². The van der Waals surface area contributed by atoms with E-state index in [1.807, 2.05) is 31.0 Å². The number of benzene rings is 1. The van der Waals surface area contributed by atoms with Crippen molar-refractivity contribution in [1.29, 1.82) is 0 Å². The number of nitrogens with one attached hydrogen (secondary N) is 1. The summed E-state index contributed by atoms with van der Waals surface area (Å²) < 4.78 is 5.68. The highest BCUT2D eigenvalue weighted by atomic mass is 35.5. The van der Waals surface area contributed by atoms with Gasteiger partial charge in [0.2, 0.25) is 0 Å². The van der Waals surface area contributed by atoms with E-state index >= 15 is 0 Å². The van der Waals surface area contributed by atoms with Crippen molar-refractivity contribution in [3.8, 4) is 5.75 Å². The number of carbonyl (C=O) groups excluding carboxylic acids is 1. The largest absolute Gasteiger partial charge is 0.482 e. The molecule has 1 fully saturated rings. The minimum atomic E-state index is 0.0327. The molecule has 1 aliphatic carbocycles. The molecule has 4 nitrogen and oxygen atoms in total. The summed E-state index contributed by atoms with van der Waals surface area (Å²) in [7, 11) is 1.86. The summed E-state index contributed by atoms with van der Waals surface area (Å²) in [6.45, 7) is 3.44. The van der Waals surface area contributed by atoms with Crippen molar-refractivity contribution in [1.82, 2.24) is 10.2 Å². The van der Waals surface area contributed by atoms with Gasteiger partial charge >= 0.3 is 0 Å². The van der Waals surface area contributed by atoms with Crippen LogP contribution in [0.4, 0.5) is 0 Å². The number of likely N-dealkylation sites (N-methyl/N-ethyl adjacent to an activating group) is 1. The first-order valence-corrected chi connectivity index (χ1v) is 7.39. The molecule has 0 spiro atoms. The molecule has 0 radical (unpaired) electrons. The summed E-state index contributed by atoms with van der Waals surface area (Å²) in [4.78, 5) is 14.0. The minimum absolute atomic E-state index is 0.0327. The molecule has 1 aliphatic rings. The number of carbonyl (C=O) groups is 1. The highest BCUT2D eigenvalue weighted by Crippen LogP contribution is 2.30. The zero-order chi connectivity index (χ0) is 14.5. The number of hydrogen-bond acceptors (Lipinski definition) is 3. The van der Waals surface area contributed by atoms with E-state index in [1.165, 1.54) is 0 Å². The quantitative estimate of drug-likeness (QED) is 0.840. The van der Waals surface area contributed by atoms with Crippen LogP contribution < -0.4 is 10.1 Å². The van der Waals surface area contributed by atoms with Crippen LogP contribution in [-0.2, 0) is 11.3 Å². The summed E-state index contributed by atoms with van der Waals surface area (Å²) in [5, 5.41) is 3.61. The van der Waals surface area contributed by atoms with Gasteiger partial charge in [-0.3, -0.25) is 4.79 Å². The molecule has 0 unspecified atom stereocenters. The zero-order valence-electron chi connectivity index (χ0n) is 12.0. The van der Waals surface area contributed by atoms with Crippen LogP contribution in [0.15, 0.2) is 18.2 Å². The lowest BCUT2D eigenvalue weighted by Crippen LogP contribution is -2.36. The lowest BCUT2D eigenvalue weighted by atomic mass is 10.2. The highest BCUT2D eigenvalue weighted by molar-refractivity contribution is 6.32. The van der Waals surface area contributed by atoms with Gasteiger partial charge in [-0.15, -0.1) is 0 Å². The molecular weight excluding hydrogens is 276 g/mol. The van der Waals surface area contributed by atoms with Crippen molar-refractivity contribution < 1.29 is 9.53 Å². The van der Waals surface area contributed by atoms with Crippen molar-refractivity contribution in [3.63, 3.8) is 0 Å². The van der Waals surface area contributed by atoms with E-state index in [2.05, 4.69) is 5.32 Å². The maximum Gasteiger partial charge on any atom is 0.260 e. The van der Waals surface area contributed by atoms with Crippen molar-refractivity contribution in [2.75, 3.05) is 20.2 Å². The molecule has 2 rings (SSSR count). The molecule has 110 valence electrons. The summed E-state index contributed by atoms with van der Waals surface area (Å²) in [5.74, 6) is 0.633. The van der Waals surface area contributed by atoms with Gasteiger partial charge in [-0.1, -0.05) is 23.7 Å². The fourth-order valence-electron chi connectivity index (χ4n) is 2.29. The van der Waals surface area contributed by atoms with Crippen LogP contribution in [0.2, 0.25) is 5.02 Å². The maximum atomic E-state index is 12.2. The van der Waals surface area contributed by atoms with Crippen molar-refractivity contribution in [2.24, 2.45) is 0 Å². The number of hydrogen-bond donors (Lipinski definition) is 1. The zero-order valence-corrected chi connectivity index (χ0v) is 12.7. The SMILES string of the molecule is CCN(C(=O)COc1c(Cl)cccc1CNC)C1CC1. The molecule has 1 N–H and O–H groups in total. The first kappa shape index (κ1) is 15.1. The third-order valence-electron chi connectivity index (χ3n) is 3.40. The van der Waals surface area contributed by atoms with E-state index < -0.39 is 0 Å². The number of amides is 1. The Balaban J connectivity index is 2.00. The Kier molecular flexibility index (Phi) is 5.26. The summed E-state index contributed by atoms with van der Waals surface area (Å²) in [6.07, 6.45) is 2.22. The van der Waals surface area contributed by atoms with Crippen LogP contribution in [0.5, 0.6) is 5.75 Å². The molecule has 0 aliphatic heterocycles. The molecule has 1 saturated carbocycles. The molecule has 1 aromatic carbocycles. The van der Waals surface area contributed by atoms with Crippen LogP contribution in [0.25, 0.3) is 0 Å². The van der Waals surface area contributed by atoms with Crippen molar-refractivity contribution in [2.45, 2.75) is 32.4 Å². The second-order valence-electron chi connectivity index (χ2n) is 4.96. The average molecular weight is 297 g/mol. The van der Waals surface area contributed by atoms with E-state index in [-0.39, 0.29) is 12.5 Å². The van der Waals surface area contributed by atoms with Gasteiger partial charge < -0.3 is 15.0 Å². The van der Waals surface area contributed by atoms with Gasteiger partial charge in [-0.25, -0.2) is 0 Å². The van der Waals surface area contributed by atoms with Crippen molar-refractivity contribution in [3.05, 3.63) is 28.8 Å². The predicted octanol–water partition coefficient (Wildman–Crippen LogP) is 2.45. The molecule has 0 aromatic heterocycles. The van der Waals surface area contributed by atoms with Gasteiger partial charge in [-0.2, -0.15) is 0 Å². The Bertz CT molecular complexity index is 475. The van der Waals surface area contributed by atoms with Gasteiger partial charge in [0.1, 0.15) is 5.75 Å². The van der Waals surface area contributed by atoms with E-state index in [1.54, 1.807) is 6.07 Å². The van der Waals surface area contributed by atoms with Gasteiger partial charge in [-0.05, 0) is 32.9 Å². The minimum Gasteiger partial charge on any atom is -0.482 e. The molecule has 1 amide bonds. The standard InChI is InChI=1S/C15H21ClN2O2/c1-3-18(12-7-8-12)14(19)10-20-15-11(9-17-2)5-4-6-13(15)16/h4-6,12,17H,3,7-10H2,1-2H3. The Morgan fingerprint density at radius 3 is 2.85 bits per heavy atom. The molecular formula is C15H21ClN2O2. The van der Waals surface area contributed by atoms with E-state index in [9.17, 15) is 4.79 Å². The highest BCUT2D eigenvalue weighted by Gasteiger charge is 2.31. The van der Waals surface area contributed by atoms with Crippen LogP contribution in [-0.4, -0.2) is 37.0 Å². The van der Waals surface area contributed by atoms with Crippen molar-refractivity contribution >= 4 is 17.5 Å². The molecule has 0 atom stereocenters. The molecule has 20 heavy (non-hydrogen) atoms. The topological polar surface area (TPSA) is 41.6 Å². The van der Waals surface area contributed by atoms with Gasteiger partial charge in [0.25, 0.3) is 5.91 Å². The summed E-state index contributed by atoms with van der Waals surface area (Å²) in [5.41, 5.74) is 0.960. The van der Waals surface area contributed by atoms with E-state index in [0.29, 0.717) is 23.4 Å². The van der Waals surface area contributed by atoms with Crippen LogP contribution in [0, 0.1) is 0 Å². The second kappa shape index (κ2) is 6.95. The first-order valence-electron chi connectivity index (χ1n) is 7.01. The summed E-state index contributed by atoms with van der Waals surface area (Å²) in [6, 6.07) is 6.02. The maximum absolute atomic E-state index is 12.2. The van der Waals surface area contributed by atoms with Gasteiger partial charge in [0.15, 0.2) is 6.61 Å². The molecule has 0 bridgehead atoms. The lowest BCUT2D eigenvalue weighted by molar-refractivity contribution is -0.133. The third kappa shape index (κ3) is 3.64. The normalized spacial score (nSPS) is 14.2. The first-order chi connectivity index (χ1) is 9.67. The molecule has 0 saturated heterocycles. The molecule has 5 heteroatoms. The summed E-state index contributed by atoms with van der Waals surface area (Å²) >= 11 is 6.16. The predicted molar refractivity (Wildman–Crippen MR) is 80.1 cm³/mol. The number of nitrogens with zero attached hydrogens (tertiary/aromatic N) is 1. The number of rotatable bonds is 7. The Labute approximate surface area is 125 Å². The lowest BCUT2D eigenvalue weighted by Gasteiger charge is -2.21. The average Bonchev–Trinajstić information content (AvgIpc) is 3.24. The van der Waals surface area contributed by atoms with E-state index in [4.69, 9.17) is 16.3 Å². The molecule has 1 aromatic rings. The molecule has 0 heterocycles. The number of para-hydroxylation sites is 1. The Hall–Kier alpha value is -1.26. The fraction of sp³-hybridized carbons (Fsp3) is 0.533. The van der Waals surface area contributed by atoms with Crippen LogP contribution in [0.3, 0.4) is 0 Å². The fourth-order valence-corrected chi connectivity index (χ4v) is 2.53. The van der Waals surface area contributed by atoms with Gasteiger partial charge in [0, 0.05) is 24.7 Å². The number of ether oxygens (including phenoxy) is 1. The second-order valence-corrected chi connectivity index (χ2v) is 5.37. The monoisotopic (exact) mass is 296 g/mol. The van der Waals surface area contributed by atoms with Gasteiger partial charge in [0.05, 0.1) is 5.02 Å². The smallest absolute Gasteiger partial charge is 0.260 e. The van der Waals surface area contributed by atoms with Crippen LogP contribution in [0.1, 0.15) is 25.3 Å². The Morgan fingerprint density at radius 2 is 2.25 bits per heavy atom. The number of halogens is 1. The van der Waals surface area contributed by atoms with Crippen LogP contribution >= 0.6 is 11.6 Å².